The van der Waals surface area contributed by atoms with Gasteiger partial charge in [0.2, 0.25) is 0 Å². The molecule has 0 atom stereocenters. The minimum Gasteiger partial charge on any atom is -0.339 e. The average Bonchev–Trinajstić information content (AvgIpc) is 2.04. The van der Waals surface area contributed by atoms with E-state index in [1.54, 1.807) is 19.0 Å². The number of hydrogen-bond acceptors (Lipinski definition) is 2. The molecular formula is C10H13NOS. The van der Waals surface area contributed by atoms with Crippen LogP contribution >= 0.6 is 11.8 Å². The van der Waals surface area contributed by atoms with Crippen LogP contribution in [0.4, 0.5) is 4.79 Å². The van der Waals surface area contributed by atoms with Gasteiger partial charge in [-0.3, -0.25) is 4.79 Å². The molecule has 0 bridgehead atoms. The largest absolute Gasteiger partial charge is 0.339 e. The molecule has 0 unspecified atom stereocenters. The molecule has 3 heteroatoms. The summed E-state index contributed by atoms with van der Waals surface area (Å²) in [5.41, 5.74) is 1.18. The Morgan fingerprint density at radius 3 is 2.62 bits per heavy atom. The van der Waals surface area contributed by atoms with Crippen molar-refractivity contribution >= 4 is 17.0 Å². The van der Waals surface area contributed by atoms with Gasteiger partial charge in [0.15, 0.2) is 0 Å². The lowest BCUT2D eigenvalue weighted by molar-refractivity contribution is 0.241. The SMILES string of the molecule is Cc1cccc(SC(=O)N(C)C)c1. The van der Waals surface area contributed by atoms with Crippen molar-refractivity contribution in [1.82, 2.24) is 4.90 Å². The predicted octanol–water partition coefficient (Wildman–Crippen LogP) is 2.77. The number of rotatable bonds is 1. The Balaban J connectivity index is 2.69. The average molecular weight is 195 g/mol. The van der Waals surface area contributed by atoms with Gasteiger partial charge >= 0.3 is 0 Å². The van der Waals surface area contributed by atoms with Crippen LogP contribution in [0.3, 0.4) is 0 Å². The smallest absolute Gasteiger partial charge is 0.285 e. The number of amides is 1. The fraction of sp³-hybridized carbons (Fsp3) is 0.300. The monoisotopic (exact) mass is 195 g/mol. The highest BCUT2D eigenvalue weighted by atomic mass is 32.2. The first-order chi connectivity index (χ1) is 6.09. The number of thioether (sulfide) groups is 1. The van der Waals surface area contributed by atoms with Crippen LogP contribution in [-0.2, 0) is 0 Å². The highest BCUT2D eigenvalue weighted by Crippen LogP contribution is 2.20. The molecule has 0 saturated heterocycles. The van der Waals surface area contributed by atoms with Crippen LogP contribution < -0.4 is 0 Å². The Labute approximate surface area is 82.9 Å². The lowest BCUT2D eigenvalue weighted by Gasteiger charge is -2.08. The third-order valence-corrected chi connectivity index (χ3v) is 2.59. The molecule has 0 saturated carbocycles. The van der Waals surface area contributed by atoms with Gasteiger partial charge in [-0.15, -0.1) is 0 Å². The van der Waals surface area contributed by atoms with E-state index in [0.29, 0.717) is 0 Å². The molecule has 0 spiro atoms. The number of aryl methyl sites for hydroxylation is 1. The van der Waals surface area contributed by atoms with Crippen molar-refractivity contribution in [2.24, 2.45) is 0 Å². The summed E-state index contributed by atoms with van der Waals surface area (Å²) in [5, 5.41) is 0.0607. The van der Waals surface area contributed by atoms with E-state index in [4.69, 9.17) is 0 Å². The molecule has 0 aliphatic rings. The van der Waals surface area contributed by atoms with Gasteiger partial charge in [-0.2, -0.15) is 0 Å². The summed E-state index contributed by atoms with van der Waals surface area (Å²) >= 11 is 1.25. The molecule has 13 heavy (non-hydrogen) atoms. The maximum Gasteiger partial charge on any atom is 0.285 e. The van der Waals surface area contributed by atoms with E-state index in [1.165, 1.54) is 17.3 Å². The fourth-order valence-corrected chi connectivity index (χ4v) is 1.65. The van der Waals surface area contributed by atoms with E-state index in [9.17, 15) is 4.79 Å². The van der Waals surface area contributed by atoms with Crippen LogP contribution in [0.5, 0.6) is 0 Å². The van der Waals surface area contributed by atoms with Crippen molar-refractivity contribution in [3.63, 3.8) is 0 Å². The Morgan fingerprint density at radius 2 is 2.08 bits per heavy atom. The first-order valence-electron chi connectivity index (χ1n) is 4.05. The van der Waals surface area contributed by atoms with Gasteiger partial charge in [-0.25, -0.2) is 0 Å². The van der Waals surface area contributed by atoms with Crippen LogP contribution in [0.1, 0.15) is 5.56 Å². The first kappa shape index (κ1) is 10.1. The summed E-state index contributed by atoms with van der Waals surface area (Å²) in [6.07, 6.45) is 0. The molecular weight excluding hydrogens is 182 g/mol. The molecule has 0 N–H and O–H groups in total. The lowest BCUT2D eigenvalue weighted by Crippen LogP contribution is -2.15. The summed E-state index contributed by atoms with van der Waals surface area (Å²) in [7, 11) is 3.51. The minimum atomic E-state index is 0.0607. The Morgan fingerprint density at radius 1 is 1.38 bits per heavy atom. The zero-order valence-corrected chi connectivity index (χ0v) is 8.89. The standard InChI is InChI=1S/C10H13NOS/c1-8-5-4-6-9(7-8)13-10(12)11(2)3/h4-7H,1-3H3. The number of nitrogens with zero attached hydrogens (tertiary/aromatic N) is 1. The van der Waals surface area contributed by atoms with Crippen LogP contribution in [0.15, 0.2) is 29.2 Å². The van der Waals surface area contributed by atoms with Crippen LogP contribution in [0.25, 0.3) is 0 Å². The normalized spacial score (nSPS) is 9.77. The molecule has 1 amide bonds. The van der Waals surface area contributed by atoms with Gasteiger partial charge in [0.25, 0.3) is 5.24 Å². The van der Waals surface area contributed by atoms with Gasteiger partial charge in [0.1, 0.15) is 0 Å². The topological polar surface area (TPSA) is 20.3 Å². The predicted molar refractivity (Wildman–Crippen MR) is 56.1 cm³/mol. The molecule has 0 aliphatic carbocycles. The van der Waals surface area contributed by atoms with Gasteiger partial charge in [-0.1, -0.05) is 17.7 Å². The number of hydrogen-bond donors (Lipinski definition) is 0. The van der Waals surface area contributed by atoms with Gasteiger partial charge < -0.3 is 4.90 Å². The van der Waals surface area contributed by atoms with Crippen molar-refractivity contribution in [2.75, 3.05) is 14.1 Å². The second-order valence-corrected chi connectivity index (χ2v) is 4.10. The maximum atomic E-state index is 11.3. The van der Waals surface area contributed by atoms with E-state index in [1.807, 2.05) is 31.2 Å². The molecule has 2 nitrogen and oxygen atoms in total. The molecule has 1 aromatic rings. The Bertz CT molecular complexity index is 310. The molecule has 0 fully saturated rings. The highest BCUT2D eigenvalue weighted by molar-refractivity contribution is 8.13. The van der Waals surface area contributed by atoms with Crippen molar-refractivity contribution in [2.45, 2.75) is 11.8 Å². The second kappa shape index (κ2) is 4.33. The maximum absolute atomic E-state index is 11.3. The zero-order chi connectivity index (χ0) is 9.84. The number of carbonyl (C=O) groups excluding carboxylic acids is 1. The zero-order valence-electron chi connectivity index (χ0n) is 8.07. The van der Waals surface area contributed by atoms with Gasteiger partial charge in [0.05, 0.1) is 0 Å². The highest BCUT2D eigenvalue weighted by Gasteiger charge is 2.05. The second-order valence-electron chi connectivity index (χ2n) is 3.08. The van der Waals surface area contributed by atoms with E-state index in [2.05, 4.69) is 0 Å². The van der Waals surface area contributed by atoms with Crippen LogP contribution in [-0.4, -0.2) is 24.2 Å². The molecule has 0 aromatic heterocycles. The van der Waals surface area contributed by atoms with E-state index < -0.39 is 0 Å². The number of carbonyl (C=O) groups is 1. The van der Waals surface area contributed by atoms with Crippen molar-refractivity contribution in [3.8, 4) is 0 Å². The first-order valence-corrected chi connectivity index (χ1v) is 4.87. The van der Waals surface area contributed by atoms with E-state index in [-0.39, 0.29) is 5.24 Å². The summed E-state index contributed by atoms with van der Waals surface area (Å²) < 4.78 is 0. The van der Waals surface area contributed by atoms with Gasteiger partial charge in [-0.05, 0) is 30.8 Å². The molecule has 1 aromatic carbocycles. The van der Waals surface area contributed by atoms with E-state index in [0.717, 1.165) is 4.90 Å². The van der Waals surface area contributed by atoms with E-state index >= 15 is 0 Å². The number of benzene rings is 1. The minimum absolute atomic E-state index is 0.0607. The van der Waals surface area contributed by atoms with Crippen LogP contribution in [0, 0.1) is 6.92 Å². The Hall–Kier alpha value is -0.960. The fourth-order valence-electron chi connectivity index (χ4n) is 0.871. The van der Waals surface area contributed by atoms with Crippen molar-refractivity contribution < 1.29 is 4.79 Å². The summed E-state index contributed by atoms with van der Waals surface area (Å²) in [4.78, 5) is 13.9. The van der Waals surface area contributed by atoms with Crippen molar-refractivity contribution in [1.29, 1.82) is 0 Å². The molecule has 0 radical (unpaired) electrons. The lowest BCUT2D eigenvalue weighted by atomic mass is 10.2. The van der Waals surface area contributed by atoms with Crippen molar-refractivity contribution in [3.05, 3.63) is 29.8 Å². The van der Waals surface area contributed by atoms with Gasteiger partial charge in [0, 0.05) is 19.0 Å². The molecule has 0 heterocycles. The third kappa shape index (κ3) is 3.11. The summed E-state index contributed by atoms with van der Waals surface area (Å²) in [6.45, 7) is 2.02. The summed E-state index contributed by atoms with van der Waals surface area (Å²) in [5.74, 6) is 0. The quantitative estimate of drug-likeness (QED) is 0.642. The van der Waals surface area contributed by atoms with Crippen LogP contribution in [0.2, 0.25) is 0 Å². The molecule has 0 aliphatic heterocycles. The summed E-state index contributed by atoms with van der Waals surface area (Å²) in [6, 6.07) is 7.93. The Kier molecular flexibility index (Phi) is 3.37. The third-order valence-electron chi connectivity index (χ3n) is 1.56. The molecule has 1 rings (SSSR count). The molecule has 70 valence electrons.